The molecule has 1 saturated heterocycles. The third-order valence-electron chi connectivity index (χ3n) is 6.51. The lowest BCUT2D eigenvalue weighted by Crippen LogP contribution is -2.39. The Hall–Kier alpha value is -3.31. The van der Waals surface area contributed by atoms with Crippen LogP contribution in [0.4, 0.5) is 11.5 Å². The van der Waals surface area contributed by atoms with Crippen molar-refractivity contribution in [3.05, 3.63) is 64.2 Å². The van der Waals surface area contributed by atoms with Gasteiger partial charge in [0.2, 0.25) is 10.0 Å². The highest BCUT2D eigenvalue weighted by molar-refractivity contribution is 7.92. The van der Waals surface area contributed by atoms with Crippen LogP contribution in [-0.4, -0.2) is 53.2 Å². The van der Waals surface area contributed by atoms with Crippen LogP contribution in [0.2, 0.25) is 5.02 Å². The zero-order valence-electron chi connectivity index (χ0n) is 20.1. The van der Waals surface area contributed by atoms with E-state index in [-0.39, 0.29) is 23.2 Å². The van der Waals surface area contributed by atoms with Gasteiger partial charge < -0.3 is 15.5 Å². The second-order valence-electron chi connectivity index (χ2n) is 9.26. The minimum atomic E-state index is -3.58. The van der Waals surface area contributed by atoms with Gasteiger partial charge in [0.1, 0.15) is 11.6 Å². The lowest BCUT2D eigenvalue weighted by atomic mass is 9.98. The number of halogens is 1. The third-order valence-corrected chi connectivity index (χ3v) is 7.34. The van der Waals surface area contributed by atoms with E-state index < -0.39 is 10.0 Å². The van der Waals surface area contributed by atoms with E-state index in [4.69, 9.17) is 27.4 Å². The Morgan fingerprint density at radius 3 is 2.75 bits per heavy atom. The van der Waals surface area contributed by atoms with Crippen molar-refractivity contribution in [1.82, 2.24) is 19.5 Å². The predicted molar refractivity (Wildman–Crippen MR) is 140 cm³/mol. The molecule has 1 atom stereocenters. The van der Waals surface area contributed by atoms with Crippen molar-refractivity contribution in [3.8, 4) is 0 Å². The molecule has 0 aliphatic carbocycles. The minimum absolute atomic E-state index is 0.199. The Morgan fingerprint density at radius 1 is 1.22 bits per heavy atom. The number of piperidine rings is 1. The maximum absolute atomic E-state index is 13.7. The molecule has 1 amide bonds. The van der Waals surface area contributed by atoms with Gasteiger partial charge in [-0.2, -0.15) is 5.10 Å². The smallest absolute Gasteiger partial charge is 0.256 e. The number of aryl methyl sites for hydroxylation is 1. The first-order chi connectivity index (χ1) is 17.1. The largest absolute Gasteiger partial charge is 0.385 e. The summed E-state index contributed by atoms with van der Waals surface area (Å²) in [6.07, 6.45) is 8.35. The van der Waals surface area contributed by atoms with Crippen LogP contribution in [0, 0.1) is 6.92 Å². The number of nitrogens with one attached hydrogen (secondary N) is 1. The number of nitrogens with two attached hydrogens (primary N) is 1. The summed E-state index contributed by atoms with van der Waals surface area (Å²) in [6, 6.07) is 6.18. The second-order valence-corrected chi connectivity index (χ2v) is 11.4. The summed E-state index contributed by atoms with van der Waals surface area (Å²) >= 11 is 6.18. The normalized spacial score (nSPS) is 18.5. The van der Waals surface area contributed by atoms with Crippen LogP contribution < -0.4 is 15.4 Å². The number of likely N-dealkylation sites (tertiary alicyclic amines) is 1. The monoisotopic (exact) mass is 529 g/mol. The molecule has 0 spiro atoms. The number of nitrogens with zero attached hydrogens (tertiary/aromatic N) is 5. The fraction of sp³-hybridized carbons (Fsp3) is 0.375. The standard InChI is InChI=1S/C24H28ClN7O3S/c1-15-14-32-22(27-23(15)31-11-5-7-21(31)26)13-19(28-32)20-6-3-4-10-30(20)24(33)17-12-16(25)8-9-18(17)29-36(2,34)35/h7-9,12-14,20,29H,3-6,10-11,26H2,1-2H3/t20-/m0/s1. The lowest BCUT2D eigenvalue weighted by molar-refractivity contribution is 0.0607. The molecule has 1 aromatic carbocycles. The van der Waals surface area contributed by atoms with E-state index in [0.29, 0.717) is 23.0 Å². The molecular weight excluding hydrogens is 502 g/mol. The molecule has 36 heavy (non-hydrogen) atoms. The quantitative estimate of drug-likeness (QED) is 0.518. The first-order valence-corrected chi connectivity index (χ1v) is 14.1. The van der Waals surface area contributed by atoms with Gasteiger partial charge in [-0.25, -0.2) is 17.9 Å². The van der Waals surface area contributed by atoms with Gasteiger partial charge in [-0.15, -0.1) is 0 Å². The number of benzene rings is 1. The third kappa shape index (κ3) is 4.72. The summed E-state index contributed by atoms with van der Waals surface area (Å²) in [7, 11) is -3.58. The van der Waals surface area contributed by atoms with E-state index in [9.17, 15) is 13.2 Å². The predicted octanol–water partition coefficient (Wildman–Crippen LogP) is 3.44. The van der Waals surface area contributed by atoms with Crippen molar-refractivity contribution < 1.29 is 13.2 Å². The molecule has 2 aromatic heterocycles. The van der Waals surface area contributed by atoms with Gasteiger partial charge in [-0.3, -0.25) is 9.52 Å². The summed E-state index contributed by atoms with van der Waals surface area (Å²) in [4.78, 5) is 22.3. The zero-order valence-corrected chi connectivity index (χ0v) is 21.7. The van der Waals surface area contributed by atoms with Crippen molar-refractivity contribution in [1.29, 1.82) is 0 Å². The van der Waals surface area contributed by atoms with Crippen LogP contribution in [0.25, 0.3) is 5.65 Å². The highest BCUT2D eigenvalue weighted by Crippen LogP contribution is 2.34. The Labute approximate surface area is 214 Å². The molecule has 0 unspecified atom stereocenters. The average Bonchev–Trinajstić information content (AvgIpc) is 3.43. The van der Waals surface area contributed by atoms with E-state index in [1.807, 2.05) is 30.2 Å². The fourth-order valence-electron chi connectivity index (χ4n) is 4.88. The van der Waals surface area contributed by atoms with Crippen LogP contribution in [0.3, 0.4) is 0 Å². The van der Waals surface area contributed by atoms with E-state index >= 15 is 0 Å². The highest BCUT2D eigenvalue weighted by atomic mass is 35.5. The van der Waals surface area contributed by atoms with Gasteiger partial charge in [-0.05, 0) is 56.9 Å². The zero-order chi connectivity index (χ0) is 25.6. The molecular formula is C24H28ClN7O3S. The molecule has 0 bridgehead atoms. The number of hydrogen-bond donors (Lipinski definition) is 2. The van der Waals surface area contributed by atoms with Crippen LogP contribution in [0.1, 0.15) is 53.3 Å². The summed E-state index contributed by atoms with van der Waals surface area (Å²) < 4.78 is 27.9. The van der Waals surface area contributed by atoms with Gasteiger partial charge in [0, 0.05) is 35.9 Å². The van der Waals surface area contributed by atoms with E-state index in [2.05, 4.69) is 4.72 Å². The van der Waals surface area contributed by atoms with Crippen LogP contribution >= 0.6 is 11.6 Å². The van der Waals surface area contributed by atoms with Gasteiger partial charge in [0.15, 0.2) is 5.65 Å². The number of rotatable bonds is 5. The topological polar surface area (TPSA) is 126 Å². The summed E-state index contributed by atoms with van der Waals surface area (Å²) in [5.41, 5.74) is 8.90. The van der Waals surface area contributed by atoms with Crippen LogP contribution in [0.5, 0.6) is 0 Å². The summed E-state index contributed by atoms with van der Waals surface area (Å²) in [6.45, 7) is 3.28. The number of carbonyl (C=O) groups is 1. The molecule has 1 fully saturated rings. The Morgan fingerprint density at radius 2 is 2.03 bits per heavy atom. The van der Waals surface area contributed by atoms with Gasteiger partial charge in [0.25, 0.3) is 5.91 Å². The Bertz CT molecular complexity index is 1480. The molecule has 3 N–H and O–H groups in total. The summed E-state index contributed by atoms with van der Waals surface area (Å²) in [5.74, 6) is 1.19. The number of anilines is 2. The molecule has 2 aliphatic rings. The SMILES string of the molecule is Cc1cn2nc([C@@H]3CCCCN3C(=O)c3cc(Cl)ccc3NS(C)(=O)=O)cc2nc1N1CCC=C1N. The maximum Gasteiger partial charge on any atom is 0.256 e. The molecule has 2 aliphatic heterocycles. The van der Waals surface area contributed by atoms with Gasteiger partial charge in [-0.1, -0.05) is 11.6 Å². The number of amides is 1. The number of fused-ring (bicyclic) bond motifs is 1. The molecule has 190 valence electrons. The van der Waals surface area contributed by atoms with E-state index in [0.717, 1.165) is 55.6 Å². The Balaban J connectivity index is 1.50. The van der Waals surface area contributed by atoms with Crippen LogP contribution in [0.15, 0.2) is 42.4 Å². The molecule has 3 aromatic rings. The number of hydrogen-bond acceptors (Lipinski definition) is 7. The van der Waals surface area contributed by atoms with Crippen LogP contribution in [-0.2, 0) is 10.0 Å². The average molecular weight is 530 g/mol. The molecule has 4 heterocycles. The van der Waals surface area contributed by atoms with Crippen molar-refractivity contribution in [3.63, 3.8) is 0 Å². The first kappa shape index (κ1) is 24.4. The van der Waals surface area contributed by atoms with Crippen molar-refractivity contribution in [2.24, 2.45) is 5.73 Å². The lowest BCUT2D eigenvalue weighted by Gasteiger charge is -2.35. The molecule has 0 radical (unpaired) electrons. The maximum atomic E-state index is 13.7. The highest BCUT2D eigenvalue weighted by Gasteiger charge is 2.32. The van der Waals surface area contributed by atoms with E-state index in [1.165, 1.54) is 12.1 Å². The molecule has 10 nitrogen and oxygen atoms in total. The first-order valence-electron chi connectivity index (χ1n) is 11.8. The number of aromatic nitrogens is 3. The number of sulfonamides is 1. The van der Waals surface area contributed by atoms with Gasteiger partial charge >= 0.3 is 0 Å². The van der Waals surface area contributed by atoms with Crippen molar-refractivity contribution in [2.45, 2.75) is 38.6 Å². The Kier molecular flexibility index (Phi) is 6.29. The van der Waals surface area contributed by atoms with Gasteiger partial charge in [0.05, 0.1) is 29.2 Å². The van der Waals surface area contributed by atoms with E-state index in [1.54, 1.807) is 15.5 Å². The minimum Gasteiger partial charge on any atom is -0.385 e. The summed E-state index contributed by atoms with van der Waals surface area (Å²) in [5, 5.41) is 5.12. The molecule has 12 heteroatoms. The molecule has 0 saturated carbocycles. The molecule has 5 rings (SSSR count). The second kappa shape index (κ2) is 9.29. The number of carbonyl (C=O) groups excluding carboxylic acids is 1. The van der Waals surface area contributed by atoms with Crippen molar-refractivity contribution in [2.75, 3.05) is 29.0 Å². The van der Waals surface area contributed by atoms with Crippen molar-refractivity contribution >= 4 is 44.7 Å². The fourth-order valence-corrected chi connectivity index (χ4v) is 5.63.